The fourth-order valence-electron chi connectivity index (χ4n) is 2.39. The van der Waals surface area contributed by atoms with Gasteiger partial charge in [0, 0.05) is 13.6 Å². The highest BCUT2D eigenvalue weighted by Crippen LogP contribution is 2.22. The SMILES string of the molecule is CN(c1ccc(OC[C@H](O)CNCCc2ccc(Cl)c(Cl)c2)cc1)S(C)(=O)=O. The predicted molar refractivity (Wildman–Crippen MR) is 114 cm³/mol. The van der Waals surface area contributed by atoms with Gasteiger partial charge in [-0.3, -0.25) is 4.31 Å². The molecule has 0 aliphatic heterocycles. The molecule has 0 saturated carbocycles. The minimum Gasteiger partial charge on any atom is -0.491 e. The van der Waals surface area contributed by atoms with E-state index in [4.69, 9.17) is 27.9 Å². The summed E-state index contributed by atoms with van der Waals surface area (Å²) in [4.78, 5) is 0. The predicted octanol–water partition coefficient (Wildman–Crippen LogP) is 2.96. The van der Waals surface area contributed by atoms with E-state index in [1.807, 2.05) is 12.1 Å². The number of aliphatic hydroxyl groups is 1. The van der Waals surface area contributed by atoms with Crippen molar-refractivity contribution in [1.29, 1.82) is 0 Å². The second kappa shape index (κ2) is 10.3. The molecule has 2 rings (SSSR count). The lowest BCUT2D eigenvalue weighted by Crippen LogP contribution is -2.32. The monoisotopic (exact) mass is 446 g/mol. The van der Waals surface area contributed by atoms with E-state index < -0.39 is 16.1 Å². The van der Waals surface area contributed by atoms with Gasteiger partial charge in [-0.1, -0.05) is 29.3 Å². The highest BCUT2D eigenvalue weighted by molar-refractivity contribution is 7.92. The van der Waals surface area contributed by atoms with Crippen molar-refractivity contribution < 1.29 is 18.3 Å². The molecule has 0 heterocycles. The summed E-state index contributed by atoms with van der Waals surface area (Å²) >= 11 is 11.9. The van der Waals surface area contributed by atoms with E-state index in [0.717, 1.165) is 18.2 Å². The lowest BCUT2D eigenvalue weighted by Gasteiger charge is -2.17. The first-order valence-corrected chi connectivity index (χ1v) is 11.3. The van der Waals surface area contributed by atoms with E-state index in [1.54, 1.807) is 30.3 Å². The fourth-order valence-corrected chi connectivity index (χ4v) is 3.22. The van der Waals surface area contributed by atoms with Crippen LogP contribution in [0.2, 0.25) is 10.0 Å². The van der Waals surface area contributed by atoms with E-state index >= 15 is 0 Å². The van der Waals surface area contributed by atoms with E-state index in [1.165, 1.54) is 11.4 Å². The van der Waals surface area contributed by atoms with Gasteiger partial charge in [0.2, 0.25) is 10.0 Å². The quantitative estimate of drug-likeness (QED) is 0.548. The van der Waals surface area contributed by atoms with Crippen molar-refractivity contribution in [1.82, 2.24) is 5.32 Å². The zero-order chi connectivity index (χ0) is 20.7. The van der Waals surface area contributed by atoms with E-state index in [-0.39, 0.29) is 6.61 Å². The number of aliphatic hydroxyl groups excluding tert-OH is 1. The van der Waals surface area contributed by atoms with Gasteiger partial charge < -0.3 is 15.2 Å². The van der Waals surface area contributed by atoms with Crippen molar-refractivity contribution >= 4 is 38.9 Å². The van der Waals surface area contributed by atoms with Crippen LogP contribution in [-0.4, -0.2) is 52.6 Å². The number of rotatable bonds is 10. The lowest BCUT2D eigenvalue weighted by atomic mass is 10.1. The van der Waals surface area contributed by atoms with Crippen LogP contribution in [0.4, 0.5) is 5.69 Å². The van der Waals surface area contributed by atoms with Crippen molar-refractivity contribution in [2.75, 3.05) is 37.3 Å². The molecule has 0 aromatic heterocycles. The summed E-state index contributed by atoms with van der Waals surface area (Å²) < 4.78 is 29.8. The maximum Gasteiger partial charge on any atom is 0.231 e. The Morgan fingerprint density at radius 2 is 1.82 bits per heavy atom. The number of ether oxygens (including phenoxy) is 1. The van der Waals surface area contributed by atoms with Crippen molar-refractivity contribution in [3.05, 3.63) is 58.1 Å². The van der Waals surface area contributed by atoms with Crippen molar-refractivity contribution in [3.63, 3.8) is 0 Å². The third-order valence-corrected chi connectivity index (χ3v) is 6.04. The Balaban J connectivity index is 1.70. The second-order valence-corrected chi connectivity index (χ2v) is 9.22. The van der Waals surface area contributed by atoms with Crippen LogP contribution in [0, 0.1) is 0 Å². The van der Waals surface area contributed by atoms with Gasteiger partial charge in [0.25, 0.3) is 0 Å². The van der Waals surface area contributed by atoms with Crippen LogP contribution in [0.3, 0.4) is 0 Å². The van der Waals surface area contributed by atoms with E-state index in [2.05, 4.69) is 5.32 Å². The molecule has 0 bridgehead atoms. The van der Waals surface area contributed by atoms with Crippen LogP contribution in [0.15, 0.2) is 42.5 Å². The molecule has 0 fully saturated rings. The van der Waals surface area contributed by atoms with Gasteiger partial charge in [0.1, 0.15) is 18.5 Å². The smallest absolute Gasteiger partial charge is 0.231 e. The van der Waals surface area contributed by atoms with Crippen LogP contribution < -0.4 is 14.4 Å². The van der Waals surface area contributed by atoms with Crippen LogP contribution in [-0.2, 0) is 16.4 Å². The van der Waals surface area contributed by atoms with Gasteiger partial charge in [0.05, 0.1) is 22.0 Å². The molecule has 0 aliphatic rings. The Labute approximate surface area is 176 Å². The Morgan fingerprint density at radius 3 is 2.43 bits per heavy atom. The van der Waals surface area contributed by atoms with Gasteiger partial charge in [-0.25, -0.2) is 8.42 Å². The molecule has 2 aromatic carbocycles. The molecule has 154 valence electrons. The van der Waals surface area contributed by atoms with Crippen molar-refractivity contribution in [2.24, 2.45) is 0 Å². The molecule has 0 spiro atoms. The molecule has 0 aliphatic carbocycles. The summed E-state index contributed by atoms with van der Waals surface area (Å²) in [6.07, 6.45) is 1.23. The second-order valence-electron chi connectivity index (χ2n) is 6.39. The molecule has 1 atom stereocenters. The van der Waals surface area contributed by atoms with Gasteiger partial charge in [-0.05, 0) is 54.9 Å². The number of nitrogens with zero attached hydrogens (tertiary/aromatic N) is 1. The minimum absolute atomic E-state index is 0.126. The maximum atomic E-state index is 11.5. The van der Waals surface area contributed by atoms with Gasteiger partial charge >= 0.3 is 0 Å². The maximum absolute atomic E-state index is 11.5. The normalized spacial score (nSPS) is 12.6. The molecule has 0 saturated heterocycles. The zero-order valence-corrected chi connectivity index (χ0v) is 18.1. The summed E-state index contributed by atoms with van der Waals surface area (Å²) in [6.45, 7) is 1.19. The van der Waals surface area contributed by atoms with Crippen LogP contribution in [0.1, 0.15) is 5.56 Å². The third-order valence-electron chi connectivity index (χ3n) is 4.09. The summed E-state index contributed by atoms with van der Waals surface area (Å²) in [7, 11) is -1.82. The first-order valence-electron chi connectivity index (χ1n) is 8.66. The molecule has 2 aromatic rings. The Bertz CT molecular complexity index is 876. The largest absolute Gasteiger partial charge is 0.491 e. The van der Waals surface area contributed by atoms with Crippen LogP contribution >= 0.6 is 23.2 Å². The summed E-state index contributed by atoms with van der Waals surface area (Å²) in [5.74, 6) is 0.556. The molecule has 9 heteroatoms. The van der Waals surface area contributed by atoms with Crippen molar-refractivity contribution in [3.8, 4) is 5.75 Å². The number of halogens is 2. The summed E-state index contributed by atoms with van der Waals surface area (Å²) in [6, 6.07) is 12.1. The first-order chi connectivity index (χ1) is 13.2. The molecule has 2 N–H and O–H groups in total. The number of benzene rings is 2. The average Bonchev–Trinajstić information content (AvgIpc) is 2.65. The molecule has 0 unspecified atom stereocenters. The van der Waals surface area contributed by atoms with E-state index in [0.29, 0.717) is 34.6 Å². The zero-order valence-electron chi connectivity index (χ0n) is 15.7. The lowest BCUT2D eigenvalue weighted by molar-refractivity contribution is 0.106. The minimum atomic E-state index is -3.30. The Kier molecular flexibility index (Phi) is 8.39. The molecular weight excluding hydrogens is 423 g/mol. The molecule has 6 nitrogen and oxygen atoms in total. The fraction of sp³-hybridized carbons (Fsp3) is 0.368. The Hall–Kier alpha value is -1.51. The number of anilines is 1. The van der Waals surface area contributed by atoms with Crippen LogP contribution in [0.25, 0.3) is 0 Å². The number of hydrogen-bond donors (Lipinski definition) is 2. The first kappa shape index (κ1) is 22.8. The van der Waals surface area contributed by atoms with Gasteiger partial charge in [-0.15, -0.1) is 0 Å². The van der Waals surface area contributed by atoms with Crippen LogP contribution in [0.5, 0.6) is 5.75 Å². The summed E-state index contributed by atoms with van der Waals surface area (Å²) in [5.41, 5.74) is 1.60. The standard InChI is InChI=1S/C19H24Cl2N2O4S/c1-23(28(2,25)26)15-4-6-17(7-5-15)27-13-16(24)12-22-10-9-14-3-8-18(20)19(21)11-14/h3-8,11,16,22,24H,9-10,12-13H2,1-2H3/t16-/m1/s1. The third kappa shape index (κ3) is 7.14. The molecule has 28 heavy (non-hydrogen) atoms. The molecule has 0 radical (unpaired) electrons. The number of hydrogen-bond acceptors (Lipinski definition) is 5. The number of sulfonamides is 1. The van der Waals surface area contributed by atoms with E-state index in [9.17, 15) is 13.5 Å². The average molecular weight is 447 g/mol. The van der Waals surface area contributed by atoms with Crippen molar-refractivity contribution in [2.45, 2.75) is 12.5 Å². The van der Waals surface area contributed by atoms with Gasteiger partial charge in [-0.2, -0.15) is 0 Å². The Morgan fingerprint density at radius 1 is 1.14 bits per heavy atom. The molecule has 0 amide bonds. The number of nitrogens with one attached hydrogen (secondary N) is 1. The topological polar surface area (TPSA) is 78.9 Å². The highest BCUT2D eigenvalue weighted by atomic mass is 35.5. The van der Waals surface area contributed by atoms with Gasteiger partial charge in [0.15, 0.2) is 0 Å². The molecular formula is C19H24Cl2N2O4S. The summed E-state index contributed by atoms with van der Waals surface area (Å²) in [5, 5.41) is 14.2. The highest BCUT2D eigenvalue weighted by Gasteiger charge is 2.12.